The third-order valence-corrected chi connectivity index (χ3v) is 3.48. The van der Waals surface area contributed by atoms with Gasteiger partial charge in [-0.3, -0.25) is 4.79 Å². The van der Waals surface area contributed by atoms with E-state index in [-0.39, 0.29) is 5.97 Å². The van der Waals surface area contributed by atoms with Crippen LogP contribution in [0.1, 0.15) is 36.1 Å². The molecule has 0 saturated carbocycles. The molecule has 0 heterocycles. The lowest BCUT2D eigenvalue weighted by Crippen LogP contribution is -2.48. The van der Waals surface area contributed by atoms with Crippen molar-refractivity contribution in [3.05, 3.63) is 34.4 Å². The normalized spacial score (nSPS) is 11.5. The Morgan fingerprint density at radius 2 is 1.74 bits per heavy atom. The summed E-state index contributed by atoms with van der Waals surface area (Å²) in [5.41, 5.74) is 4.65. The Morgan fingerprint density at radius 1 is 1.21 bits per heavy atom. The third-order valence-electron chi connectivity index (χ3n) is 3.48. The number of aryl methyl sites for hydroxylation is 3. The zero-order valence-corrected chi connectivity index (χ0v) is 12.9. The van der Waals surface area contributed by atoms with Crippen molar-refractivity contribution >= 4 is 5.97 Å². The first kappa shape index (κ1) is 15.7. The van der Waals surface area contributed by atoms with Crippen molar-refractivity contribution in [1.29, 1.82) is 0 Å². The minimum Gasteiger partial charge on any atom is -0.468 e. The fraction of sp³-hybridized carbons (Fsp3) is 0.562. The molecule has 0 amide bonds. The van der Waals surface area contributed by atoms with Gasteiger partial charge < -0.3 is 10.1 Å². The van der Waals surface area contributed by atoms with Crippen molar-refractivity contribution in [3.63, 3.8) is 0 Å². The number of esters is 1. The zero-order chi connectivity index (χ0) is 14.6. The quantitative estimate of drug-likeness (QED) is 0.830. The van der Waals surface area contributed by atoms with E-state index in [2.05, 4.69) is 38.2 Å². The zero-order valence-electron chi connectivity index (χ0n) is 12.9. The van der Waals surface area contributed by atoms with Crippen LogP contribution in [-0.4, -0.2) is 25.2 Å². The summed E-state index contributed by atoms with van der Waals surface area (Å²) in [6.45, 7) is 10.8. The average molecular weight is 263 g/mol. The van der Waals surface area contributed by atoms with Crippen LogP contribution in [0, 0.1) is 20.8 Å². The van der Waals surface area contributed by atoms with Gasteiger partial charge in [0, 0.05) is 6.54 Å². The molecule has 106 valence electrons. The van der Waals surface area contributed by atoms with Crippen molar-refractivity contribution < 1.29 is 9.53 Å². The average Bonchev–Trinajstić information content (AvgIpc) is 2.31. The molecule has 0 aliphatic rings. The van der Waals surface area contributed by atoms with E-state index in [1.165, 1.54) is 29.4 Å². The maximum absolute atomic E-state index is 11.6. The van der Waals surface area contributed by atoms with E-state index in [0.29, 0.717) is 0 Å². The third kappa shape index (κ3) is 4.06. The van der Waals surface area contributed by atoms with Crippen LogP contribution < -0.4 is 5.32 Å². The van der Waals surface area contributed by atoms with Gasteiger partial charge in [0.25, 0.3) is 0 Å². The molecule has 1 aromatic rings. The van der Waals surface area contributed by atoms with Crippen molar-refractivity contribution in [2.75, 3.05) is 13.7 Å². The first-order valence-corrected chi connectivity index (χ1v) is 6.68. The number of rotatable bonds is 5. The summed E-state index contributed by atoms with van der Waals surface area (Å²) in [5, 5.41) is 3.25. The highest BCUT2D eigenvalue weighted by Crippen LogP contribution is 2.17. The minimum absolute atomic E-state index is 0.232. The lowest BCUT2D eigenvalue weighted by atomic mass is 9.97. The van der Waals surface area contributed by atoms with E-state index >= 15 is 0 Å². The molecule has 0 aliphatic carbocycles. The predicted octanol–water partition coefficient (Wildman–Crippen LogP) is 2.70. The fourth-order valence-electron chi connectivity index (χ4n) is 2.43. The largest absolute Gasteiger partial charge is 0.468 e. The molecule has 0 aromatic heterocycles. The highest BCUT2D eigenvalue weighted by molar-refractivity contribution is 5.79. The van der Waals surface area contributed by atoms with Gasteiger partial charge in [-0.1, -0.05) is 17.7 Å². The van der Waals surface area contributed by atoms with E-state index in [1.807, 2.05) is 13.8 Å². The van der Waals surface area contributed by atoms with Crippen molar-refractivity contribution in [2.24, 2.45) is 0 Å². The molecule has 3 heteroatoms. The Kier molecular flexibility index (Phi) is 5.12. The van der Waals surface area contributed by atoms with Crippen molar-refractivity contribution in [1.82, 2.24) is 5.32 Å². The summed E-state index contributed by atoms with van der Waals surface area (Å²) in [5.74, 6) is -0.232. The Hall–Kier alpha value is -1.35. The molecule has 0 radical (unpaired) electrons. The molecule has 0 unspecified atom stereocenters. The lowest BCUT2D eigenvalue weighted by molar-refractivity contribution is -0.147. The fourth-order valence-corrected chi connectivity index (χ4v) is 2.43. The summed E-state index contributed by atoms with van der Waals surface area (Å²) in [4.78, 5) is 11.6. The Balaban J connectivity index is 2.66. The van der Waals surface area contributed by atoms with E-state index in [9.17, 15) is 4.79 Å². The molecule has 1 N–H and O–H groups in total. The maximum atomic E-state index is 11.6. The molecule has 1 aromatic carbocycles. The molecule has 0 aliphatic heterocycles. The minimum atomic E-state index is -0.638. The Morgan fingerprint density at radius 3 is 2.21 bits per heavy atom. The second-order valence-corrected chi connectivity index (χ2v) is 5.67. The van der Waals surface area contributed by atoms with Crippen LogP contribution in [0.5, 0.6) is 0 Å². The number of ether oxygens (including phenoxy) is 1. The first-order chi connectivity index (χ1) is 8.77. The smallest absolute Gasteiger partial charge is 0.325 e. The molecule has 0 saturated heterocycles. The van der Waals surface area contributed by atoms with Crippen LogP contribution in [-0.2, 0) is 16.0 Å². The summed E-state index contributed by atoms with van der Waals surface area (Å²) in [6.07, 6.45) is 0.915. The number of carbonyl (C=O) groups is 1. The van der Waals surface area contributed by atoms with E-state index in [1.54, 1.807) is 0 Å². The second-order valence-electron chi connectivity index (χ2n) is 5.67. The van der Waals surface area contributed by atoms with Gasteiger partial charge >= 0.3 is 5.97 Å². The van der Waals surface area contributed by atoms with E-state index in [4.69, 9.17) is 4.74 Å². The molecule has 0 spiro atoms. The molecule has 3 nitrogen and oxygen atoms in total. The van der Waals surface area contributed by atoms with E-state index < -0.39 is 5.54 Å². The number of benzene rings is 1. The van der Waals surface area contributed by atoms with Crippen LogP contribution in [0.2, 0.25) is 0 Å². The molecular formula is C16H25NO2. The predicted molar refractivity (Wildman–Crippen MR) is 78.5 cm³/mol. The SMILES string of the molecule is COC(=O)C(C)(C)NCCc1c(C)cc(C)cc1C. The Bertz CT molecular complexity index is 441. The van der Waals surface area contributed by atoms with Crippen LogP contribution in [0.4, 0.5) is 0 Å². The summed E-state index contributed by atoms with van der Waals surface area (Å²) in [7, 11) is 1.42. The molecule has 19 heavy (non-hydrogen) atoms. The number of hydrogen-bond donors (Lipinski definition) is 1. The standard InChI is InChI=1S/C16H25NO2/c1-11-9-12(2)14(13(3)10-11)7-8-17-16(4,5)15(18)19-6/h9-10,17H,7-8H2,1-6H3. The topological polar surface area (TPSA) is 38.3 Å². The van der Waals surface area contributed by atoms with Crippen LogP contribution in [0.15, 0.2) is 12.1 Å². The molecular weight excluding hydrogens is 238 g/mol. The van der Waals surface area contributed by atoms with Gasteiger partial charge in [-0.2, -0.15) is 0 Å². The van der Waals surface area contributed by atoms with Gasteiger partial charge in [-0.05, 0) is 57.7 Å². The molecule has 0 bridgehead atoms. The van der Waals surface area contributed by atoms with Gasteiger partial charge in [0.2, 0.25) is 0 Å². The van der Waals surface area contributed by atoms with Crippen LogP contribution >= 0.6 is 0 Å². The highest BCUT2D eigenvalue weighted by atomic mass is 16.5. The lowest BCUT2D eigenvalue weighted by Gasteiger charge is -2.23. The number of carbonyl (C=O) groups excluding carboxylic acids is 1. The van der Waals surface area contributed by atoms with E-state index in [0.717, 1.165) is 13.0 Å². The number of nitrogens with one attached hydrogen (secondary N) is 1. The molecule has 0 fully saturated rings. The monoisotopic (exact) mass is 263 g/mol. The van der Waals surface area contributed by atoms with Gasteiger partial charge in [0.05, 0.1) is 7.11 Å². The maximum Gasteiger partial charge on any atom is 0.325 e. The molecule has 0 atom stereocenters. The Labute approximate surface area is 116 Å². The summed E-state index contributed by atoms with van der Waals surface area (Å²) >= 11 is 0. The van der Waals surface area contributed by atoms with Gasteiger partial charge in [-0.15, -0.1) is 0 Å². The van der Waals surface area contributed by atoms with Crippen molar-refractivity contribution in [3.8, 4) is 0 Å². The highest BCUT2D eigenvalue weighted by Gasteiger charge is 2.27. The van der Waals surface area contributed by atoms with Crippen LogP contribution in [0.25, 0.3) is 0 Å². The number of hydrogen-bond acceptors (Lipinski definition) is 3. The van der Waals surface area contributed by atoms with Crippen LogP contribution in [0.3, 0.4) is 0 Å². The second kappa shape index (κ2) is 6.20. The summed E-state index contributed by atoms with van der Waals surface area (Å²) < 4.78 is 4.78. The molecule has 1 rings (SSSR count). The first-order valence-electron chi connectivity index (χ1n) is 6.68. The van der Waals surface area contributed by atoms with Crippen molar-refractivity contribution in [2.45, 2.75) is 46.6 Å². The van der Waals surface area contributed by atoms with Gasteiger partial charge in [-0.25, -0.2) is 0 Å². The number of methoxy groups -OCH3 is 1. The van der Waals surface area contributed by atoms with Gasteiger partial charge in [0.1, 0.15) is 5.54 Å². The van der Waals surface area contributed by atoms with Gasteiger partial charge in [0.15, 0.2) is 0 Å². The summed E-state index contributed by atoms with van der Waals surface area (Å²) in [6, 6.07) is 4.40.